The third-order valence-corrected chi connectivity index (χ3v) is 15.3. The zero-order valence-corrected chi connectivity index (χ0v) is 28.2. The SMILES string of the molecule is COCO[C@H]1C[C@H]2c3c4c(c5c(c3[C@]1(C)C2(C)C)[C@@H]1C[C@H](OCOC)[C@@]5(C)C1(C)C)[C@]1(C)[C@H](OCOC)C[C@H]4C1(C)C. The third kappa shape index (κ3) is 2.87. The molecule has 0 saturated heterocycles. The lowest BCUT2D eigenvalue weighted by atomic mass is 9.59. The Hall–Kier alpha value is -1.02. The molecule has 6 heteroatoms. The molecule has 9 atom stereocenters. The Balaban J connectivity index is 1.57. The lowest BCUT2D eigenvalue weighted by Crippen LogP contribution is -2.48. The maximum Gasteiger partial charge on any atom is 0.146 e. The van der Waals surface area contributed by atoms with E-state index in [-0.39, 0.29) is 50.8 Å². The van der Waals surface area contributed by atoms with Gasteiger partial charge in [0.25, 0.3) is 0 Å². The molecular weight excluding hydrogens is 528 g/mol. The quantitative estimate of drug-likeness (QED) is 0.292. The van der Waals surface area contributed by atoms with Crippen molar-refractivity contribution >= 4 is 0 Å². The van der Waals surface area contributed by atoms with Crippen molar-refractivity contribution in [1.29, 1.82) is 0 Å². The number of methoxy groups -OCH3 is 3. The second kappa shape index (κ2) is 8.82. The molecular formula is C36H54O6. The highest BCUT2D eigenvalue weighted by Crippen LogP contribution is 2.81. The van der Waals surface area contributed by atoms with E-state index in [2.05, 4.69) is 62.3 Å². The molecule has 6 bridgehead atoms. The molecule has 7 rings (SSSR count). The number of rotatable bonds is 9. The van der Waals surface area contributed by atoms with E-state index in [0.717, 1.165) is 19.3 Å². The van der Waals surface area contributed by atoms with E-state index in [1.54, 1.807) is 54.7 Å². The smallest absolute Gasteiger partial charge is 0.146 e. The second-order valence-electron chi connectivity index (χ2n) is 16.7. The molecule has 42 heavy (non-hydrogen) atoms. The van der Waals surface area contributed by atoms with Gasteiger partial charge < -0.3 is 28.4 Å². The zero-order chi connectivity index (χ0) is 30.4. The molecule has 0 amide bonds. The van der Waals surface area contributed by atoms with E-state index >= 15 is 0 Å². The van der Waals surface area contributed by atoms with Crippen LogP contribution in [0.4, 0.5) is 0 Å². The summed E-state index contributed by atoms with van der Waals surface area (Å²) >= 11 is 0. The van der Waals surface area contributed by atoms with Crippen LogP contribution in [0.3, 0.4) is 0 Å². The molecule has 0 heterocycles. The van der Waals surface area contributed by atoms with Gasteiger partial charge in [-0.2, -0.15) is 0 Å². The van der Waals surface area contributed by atoms with Gasteiger partial charge in [0.1, 0.15) is 20.4 Å². The molecule has 6 aliphatic carbocycles. The maximum absolute atomic E-state index is 6.60. The molecule has 0 unspecified atom stereocenters. The van der Waals surface area contributed by atoms with Crippen LogP contribution in [0.15, 0.2) is 0 Å². The van der Waals surface area contributed by atoms with Crippen LogP contribution in [-0.2, 0) is 44.7 Å². The minimum atomic E-state index is -0.148. The molecule has 6 nitrogen and oxygen atoms in total. The fourth-order valence-electron chi connectivity index (χ4n) is 12.1. The van der Waals surface area contributed by atoms with Gasteiger partial charge in [0.2, 0.25) is 0 Å². The number of hydrogen-bond donors (Lipinski definition) is 0. The molecule has 0 radical (unpaired) electrons. The molecule has 1 aromatic carbocycles. The highest BCUT2D eigenvalue weighted by atomic mass is 16.7. The van der Waals surface area contributed by atoms with Crippen LogP contribution < -0.4 is 0 Å². The van der Waals surface area contributed by atoms with Crippen molar-refractivity contribution in [2.45, 2.75) is 134 Å². The average molecular weight is 583 g/mol. The summed E-state index contributed by atoms with van der Waals surface area (Å²) in [6.45, 7) is 23.6. The lowest BCUT2D eigenvalue weighted by Gasteiger charge is -2.48. The van der Waals surface area contributed by atoms with Crippen molar-refractivity contribution in [2.24, 2.45) is 16.2 Å². The average Bonchev–Trinajstić information content (AvgIpc) is 3.53. The van der Waals surface area contributed by atoms with Crippen LogP contribution >= 0.6 is 0 Å². The summed E-state index contributed by atoms with van der Waals surface area (Å²) in [5, 5.41) is 0. The minimum Gasteiger partial charge on any atom is -0.359 e. The van der Waals surface area contributed by atoms with Gasteiger partial charge in [-0.1, -0.05) is 62.3 Å². The van der Waals surface area contributed by atoms with Gasteiger partial charge in [-0.05, 0) is 86.6 Å². The van der Waals surface area contributed by atoms with Crippen LogP contribution in [0.5, 0.6) is 0 Å². The standard InChI is InChI=1S/C36H54O6/c1-31(2)19-13-22(40-16-37-10)34(31,7)28-25(19)26-20-14-23(41-17-38-11)35(8,32(20,3)4)29(26)30-27(28)21-15-24(42-18-39-12)36(30,9)33(21,5)6/h19-24H,13-18H2,1-12H3/t19-,20+,21-,22-,23+,24-,34+,35-,36+/m0/s1. The molecule has 234 valence electrons. The van der Waals surface area contributed by atoms with Gasteiger partial charge in [0.05, 0.1) is 18.3 Å². The van der Waals surface area contributed by atoms with Gasteiger partial charge in [-0.25, -0.2) is 0 Å². The zero-order valence-electron chi connectivity index (χ0n) is 28.2. The lowest BCUT2D eigenvalue weighted by molar-refractivity contribution is -0.102. The molecule has 3 fully saturated rings. The fraction of sp³-hybridized carbons (Fsp3) is 0.833. The topological polar surface area (TPSA) is 55.4 Å². The van der Waals surface area contributed by atoms with Crippen LogP contribution in [0.2, 0.25) is 0 Å². The van der Waals surface area contributed by atoms with Crippen LogP contribution in [-0.4, -0.2) is 60.0 Å². The molecule has 0 aromatic heterocycles. The second-order valence-corrected chi connectivity index (χ2v) is 16.7. The number of fused-ring (bicyclic) bond motifs is 18. The van der Waals surface area contributed by atoms with Crippen molar-refractivity contribution in [3.8, 4) is 0 Å². The van der Waals surface area contributed by atoms with Gasteiger partial charge in [0, 0.05) is 37.6 Å². The first kappa shape index (κ1) is 29.7. The number of ether oxygens (including phenoxy) is 6. The van der Waals surface area contributed by atoms with Crippen LogP contribution in [0.25, 0.3) is 0 Å². The largest absolute Gasteiger partial charge is 0.359 e. The van der Waals surface area contributed by atoms with Gasteiger partial charge >= 0.3 is 0 Å². The molecule has 0 aliphatic heterocycles. The molecule has 1 aromatic rings. The summed E-state index contributed by atoms with van der Waals surface area (Å²) in [7, 11) is 5.21. The minimum absolute atomic E-state index is 0.0348. The normalized spacial score (nSPS) is 43.7. The Bertz CT molecular complexity index is 1310. The summed E-state index contributed by atoms with van der Waals surface area (Å²) in [6.07, 6.45) is 3.51. The van der Waals surface area contributed by atoms with Gasteiger partial charge in [-0.3, -0.25) is 0 Å². The van der Waals surface area contributed by atoms with E-state index in [4.69, 9.17) is 28.4 Å². The van der Waals surface area contributed by atoms with Crippen molar-refractivity contribution in [1.82, 2.24) is 0 Å². The maximum atomic E-state index is 6.60. The summed E-state index contributed by atoms with van der Waals surface area (Å²) in [4.78, 5) is 0. The van der Waals surface area contributed by atoms with Crippen molar-refractivity contribution in [3.63, 3.8) is 0 Å². The first-order chi connectivity index (χ1) is 19.6. The van der Waals surface area contributed by atoms with Crippen molar-refractivity contribution in [2.75, 3.05) is 41.7 Å². The number of hydrogen-bond acceptors (Lipinski definition) is 6. The first-order valence-electron chi connectivity index (χ1n) is 16.2. The molecule has 3 saturated carbocycles. The number of benzene rings is 1. The van der Waals surface area contributed by atoms with Crippen LogP contribution in [0.1, 0.15) is 133 Å². The molecule has 0 spiro atoms. The van der Waals surface area contributed by atoms with E-state index in [1.807, 2.05) is 0 Å². The Morgan fingerprint density at radius 1 is 0.452 bits per heavy atom. The van der Waals surface area contributed by atoms with Gasteiger partial charge in [0.15, 0.2) is 0 Å². The van der Waals surface area contributed by atoms with E-state index in [0.29, 0.717) is 38.1 Å². The van der Waals surface area contributed by atoms with E-state index in [1.165, 1.54) is 0 Å². The predicted molar refractivity (Wildman–Crippen MR) is 162 cm³/mol. The summed E-state index contributed by atoms with van der Waals surface area (Å²) in [5.41, 5.74) is 9.59. The third-order valence-electron chi connectivity index (χ3n) is 15.3. The molecule has 0 N–H and O–H groups in total. The molecule has 6 aliphatic rings. The van der Waals surface area contributed by atoms with Crippen LogP contribution in [0, 0.1) is 16.2 Å². The Kier molecular flexibility index (Phi) is 6.23. The Morgan fingerprint density at radius 2 is 0.738 bits per heavy atom. The van der Waals surface area contributed by atoms with Gasteiger partial charge in [-0.15, -0.1) is 0 Å². The van der Waals surface area contributed by atoms with Crippen molar-refractivity contribution in [3.05, 3.63) is 33.4 Å². The monoisotopic (exact) mass is 582 g/mol. The van der Waals surface area contributed by atoms with E-state index in [9.17, 15) is 0 Å². The predicted octanol–water partition coefficient (Wildman–Crippen LogP) is 7.01. The highest BCUT2D eigenvalue weighted by molar-refractivity contribution is 5.74. The Labute approximate surface area is 253 Å². The fourth-order valence-corrected chi connectivity index (χ4v) is 12.1. The first-order valence-corrected chi connectivity index (χ1v) is 16.2. The summed E-state index contributed by atoms with van der Waals surface area (Å²) in [5.74, 6) is 1.32. The van der Waals surface area contributed by atoms with E-state index < -0.39 is 0 Å². The van der Waals surface area contributed by atoms with Crippen molar-refractivity contribution < 1.29 is 28.4 Å². The highest BCUT2D eigenvalue weighted by Gasteiger charge is 2.76. The Morgan fingerprint density at radius 3 is 1.10 bits per heavy atom. The summed E-state index contributed by atoms with van der Waals surface area (Å²) < 4.78 is 36.2. The summed E-state index contributed by atoms with van der Waals surface area (Å²) in [6, 6.07) is 0.